The lowest BCUT2D eigenvalue weighted by Crippen LogP contribution is -2.02. The van der Waals surface area contributed by atoms with Crippen molar-refractivity contribution in [2.24, 2.45) is 0 Å². The van der Waals surface area contributed by atoms with E-state index in [1.54, 1.807) is 0 Å². The number of nitrogens with two attached hydrogens (primary N) is 1. The summed E-state index contributed by atoms with van der Waals surface area (Å²) in [5, 5.41) is 20.9. The number of nitro groups is 1. The zero-order valence-corrected chi connectivity index (χ0v) is 7.44. The molecule has 1 aromatic carbocycles. The van der Waals surface area contributed by atoms with Gasteiger partial charge in [-0.15, -0.1) is 0 Å². The molecular formula is C7H6N6O2. The second-order valence-corrected chi connectivity index (χ2v) is 2.72. The van der Waals surface area contributed by atoms with Crippen molar-refractivity contribution in [3.8, 4) is 5.69 Å². The molecule has 0 aliphatic heterocycles. The zero-order chi connectivity index (χ0) is 10.8. The van der Waals surface area contributed by atoms with Gasteiger partial charge in [0.2, 0.25) is 5.95 Å². The second kappa shape index (κ2) is 3.33. The van der Waals surface area contributed by atoms with Gasteiger partial charge in [0.05, 0.1) is 10.6 Å². The summed E-state index contributed by atoms with van der Waals surface area (Å²) in [5.74, 6) is 0.129. The van der Waals surface area contributed by atoms with E-state index >= 15 is 0 Å². The van der Waals surface area contributed by atoms with E-state index in [0.717, 1.165) is 0 Å². The first-order valence-electron chi connectivity index (χ1n) is 3.97. The number of rotatable bonds is 2. The van der Waals surface area contributed by atoms with Gasteiger partial charge in [-0.05, 0) is 22.6 Å². The SMILES string of the molecule is Nc1nnnn1-c1ccc([N+](=O)[O-])cc1. The Morgan fingerprint density at radius 1 is 1.33 bits per heavy atom. The minimum absolute atomic E-state index is 0.00500. The number of anilines is 1. The van der Waals surface area contributed by atoms with Crippen LogP contribution in [-0.2, 0) is 0 Å². The molecule has 0 aliphatic carbocycles. The molecule has 1 aromatic heterocycles. The van der Waals surface area contributed by atoms with Gasteiger partial charge in [-0.25, -0.2) is 0 Å². The van der Waals surface area contributed by atoms with Crippen molar-refractivity contribution in [3.05, 3.63) is 34.4 Å². The monoisotopic (exact) mass is 206 g/mol. The Morgan fingerprint density at radius 2 is 2.00 bits per heavy atom. The van der Waals surface area contributed by atoms with E-state index in [0.29, 0.717) is 5.69 Å². The molecule has 1 heterocycles. The highest BCUT2D eigenvalue weighted by molar-refractivity contribution is 5.42. The maximum atomic E-state index is 10.4. The molecule has 0 unspecified atom stereocenters. The fourth-order valence-corrected chi connectivity index (χ4v) is 1.09. The van der Waals surface area contributed by atoms with Gasteiger partial charge >= 0.3 is 0 Å². The molecule has 0 atom stereocenters. The van der Waals surface area contributed by atoms with Gasteiger partial charge in [0.25, 0.3) is 5.69 Å². The van der Waals surface area contributed by atoms with Gasteiger partial charge < -0.3 is 5.73 Å². The average molecular weight is 206 g/mol. The largest absolute Gasteiger partial charge is 0.366 e. The van der Waals surface area contributed by atoms with E-state index in [9.17, 15) is 10.1 Å². The quantitative estimate of drug-likeness (QED) is 0.552. The molecule has 2 aromatic rings. The van der Waals surface area contributed by atoms with Crippen molar-refractivity contribution >= 4 is 11.6 Å². The summed E-state index contributed by atoms with van der Waals surface area (Å²) < 4.78 is 1.28. The molecule has 0 bridgehead atoms. The number of nitro benzene ring substituents is 1. The minimum Gasteiger partial charge on any atom is -0.366 e. The fraction of sp³-hybridized carbons (Fsp3) is 0. The van der Waals surface area contributed by atoms with Gasteiger partial charge in [0.1, 0.15) is 0 Å². The molecule has 2 rings (SSSR count). The Labute approximate surface area is 83.5 Å². The van der Waals surface area contributed by atoms with E-state index in [4.69, 9.17) is 5.73 Å². The third-order valence-corrected chi connectivity index (χ3v) is 1.80. The van der Waals surface area contributed by atoms with Crippen LogP contribution < -0.4 is 5.73 Å². The fourth-order valence-electron chi connectivity index (χ4n) is 1.09. The van der Waals surface area contributed by atoms with Crippen molar-refractivity contribution in [1.82, 2.24) is 20.2 Å². The van der Waals surface area contributed by atoms with Crippen molar-refractivity contribution < 1.29 is 4.92 Å². The molecule has 0 fully saturated rings. The van der Waals surface area contributed by atoms with Crippen LogP contribution >= 0.6 is 0 Å². The molecule has 0 saturated heterocycles. The summed E-state index contributed by atoms with van der Waals surface area (Å²) >= 11 is 0. The highest BCUT2D eigenvalue weighted by Crippen LogP contribution is 2.15. The smallest absolute Gasteiger partial charge is 0.269 e. The van der Waals surface area contributed by atoms with Gasteiger partial charge in [-0.1, -0.05) is 5.10 Å². The molecule has 76 valence electrons. The Bertz CT molecular complexity index is 490. The van der Waals surface area contributed by atoms with Crippen LogP contribution in [0.15, 0.2) is 24.3 Å². The Balaban J connectivity index is 2.40. The summed E-state index contributed by atoms with van der Waals surface area (Å²) in [6.45, 7) is 0. The van der Waals surface area contributed by atoms with Gasteiger partial charge in [0, 0.05) is 12.1 Å². The molecule has 15 heavy (non-hydrogen) atoms. The van der Waals surface area contributed by atoms with Crippen LogP contribution in [0.1, 0.15) is 0 Å². The predicted octanol–water partition coefficient (Wildman–Crippen LogP) is 0.153. The number of aromatic nitrogens is 4. The Hall–Kier alpha value is -2.51. The van der Waals surface area contributed by atoms with Crippen LogP contribution in [0, 0.1) is 10.1 Å². The van der Waals surface area contributed by atoms with Crippen molar-refractivity contribution in [1.29, 1.82) is 0 Å². The number of hydrogen-bond acceptors (Lipinski definition) is 6. The summed E-state index contributed by atoms with van der Waals surface area (Å²) in [4.78, 5) is 9.92. The Kier molecular flexibility index (Phi) is 2.01. The number of nitrogen functional groups attached to an aromatic ring is 1. The first-order chi connectivity index (χ1) is 7.18. The number of non-ortho nitro benzene ring substituents is 1. The summed E-state index contributed by atoms with van der Waals surface area (Å²) in [5.41, 5.74) is 6.04. The Morgan fingerprint density at radius 3 is 2.47 bits per heavy atom. The van der Waals surface area contributed by atoms with Crippen LogP contribution in [0.5, 0.6) is 0 Å². The van der Waals surface area contributed by atoms with Crippen LogP contribution in [-0.4, -0.2) is 25.1 Å². The number of hydrogen-bond donors (Lipinski definition) is 1. The molecule has 8 nitrogen and oxygen atoms in total. The van der Waals surface area contributed by atoms with Crippen molar-refractivity contribution in [2.75, 3.05) is 5.73 Å². The van der Waals surface area contributed by atoms with Gasteiger partial charge in [-0.3, -0.25) is 10.1 Å². The van der Waals surface area contributed by atoms with E-state index < -0.39 is 4.92 Å². The number of benzene rings is 1. The maximum Gasteiger partial charge on any atom is 0.269 e. The minimum atomic E-state index is -0.479. The lowest BCUT2D eigenvalue weighted by atomic mass is 10.3. The molecular weight excluding hydrogens is 200 g/mol. The second-order valence-electron chi connectivity index (χ2n) is 2.72. The summed E-state index contributed by atoms with van der Waals surface area (Å²) in [6, 6.07) is 5.75. The number of nitrogens with zero attached hydrogens (tertiary/aromatic N) is 5. The summed E-state index contributed by atoms with van der Waals surface area (Å²) in [6.07, 6.45) is 0. The highest BCUT2D eigenvalue weighted by Gasteiger charge is 2.07. The first kappa shape index (κ1) is 9.06. The summed E-state index contributed by atoms with van der Waals surface area (Å²) in [7, 11) is 0. The third-order valence-electron chi connectivity index (χ3n) is 1.80. The van der Waals surface area contributed by atoms with E-state index in [2.05, 4.69) is 15.5 Å². The zero-order valence-electron chi connectivity index (χ0n) is 7.44. The molecule has 0 aliphatic rings. The lowest BCUT2D eigenvalue weighted by molar-refractivity contribution is -0.384. The molecule has 0 radical (unpaired) electrons. The number of tetrazole rings is 1. The third kappa shape index (κ3) is 1.59. The maximum absolute atomic E-state index is 10.4. The van der Waals surface area contributed by atoms with Gasteiger partial charge in [-0.2, -0.15) is 4.68 Å². The topological polar surface area (TPSA) is 113 Å². The van der Waals surface area contributed by atoms with Crippen LogP contribution in [0.4, 0.5) is 11.6 Å². The molecule has 0 saturated carbocycles. The predicted molar refractivity (Wildman–Crippen MR) is 50.2 cm³/mol. The lowest BCUT2D eigenvalue weighted by Gasteiger charge is -1.99. The molecule has 0 amide bonds. The average Bonchev–Trinajstić information content (AvgIpc) is 2.65. The van der Waals surface area contributed by atoms with Gasteiger partial charge in [0.15, 0.2) is 0 Å². The van der Waals surface area contributed by atoms with E-state index in [1.165, 1.54) is 28.9 Å². The van der Waals surface area contributed by atoms with E-state index in [-0.39, 0.29) is 11.6 Å². The first-order valence-corrected chi connectivity index (χ1v) is 3.97. The van der Waals surface area contributed by atoms with Crippen LogP contribution in [0.3, 0.4) is 0 Å². The van der Waals surface area contributed by atoms with E-state index in [1.807, 2.05) is 0 Å². The molecule has 8 heteroatoms. The van der Waals surface area contributed by atoms with Crippen LogP contribution in [0.25, 0.3) is 5.69 Å². The molecule has 2 N–H and O–H groups in total. The standard InChI is InChI=1S/C7H6N6O2/c8-7-9-10-11-12(7)5-1-3-6(4-2-5)13(14)15/h1-4H,(H2,8,9,11). The normalized spacial score (nSPS) is 10.1. The van der Waals surface area contributed by atoms with Crippen molar-refractivity contribution in [3.63, 3.8) is 0 Å². The molecule has 0 spiro atoms. The van der Waals surface area contributed by atoms with Crippen LogP contribution in [0.2, 0.25) is 0 Å². The highest BCUT2D eigenvalue weighted by atomic mass is 16.6. The van der Waals surface area contributed by atoms with Crippen molar-refractivity contribution in [2.45, 2.75) is 0 Å².